The van der Waals surface area contributed by atoms with Crippen LogP contribution < -0.4 is 10.5 Å². The number of sulfonamides is 1. The molecule has 2 saturated carbocycles. The molecule has 116 valence electrons. The minimum absolute atomic E-state index is 0.00616. The van der Waals surface area contributed by atoms with Crippen molar-refractivity contribution < 1.29 is 12.8 Å². The monoisotopic (exact) mass is 332 g/mol. The molecule has 7 heteroatoms. The van der Waals surface area contributed by atoms with Gasteiger partial charge in [-0.1, -0.05) is 11.6 Å². The van der Waals surface area contributed by atoms with E-state index in [0.717, 1.165) is 31.7 Å². The normalized spacial score (nSPS) is 19.2. The summed E-state index contributed by atoms with van der Waals surface area (Å²) in [4.78, 5) is -0.101. The minimum atomic E-state index is -3.75. The SMILES string of the molecule is NCc1cc(S(=O)(=O)NC(C2CC2)C2CC2)cc(F)c1Cl. The number of hydrogen-bond acceptors (Lipinski definition) is 3. The molecule has 0 amide bonds. The van der Waals surface area contributed by atoms with Crippen LogP contribution in [0, 0.1) is 17.7 Å². The van der Waals surface area contributed by atoms with Gasteiger partial charge in [0.1, 0.15) is 5.82 Å². The fourth-order valence-electron chi connectivity index (χ4n) is 2.66. The van der Waals surface area contributed by atoms with Crippen molar-refractivity contribution in [3.63, 3.8) is 0 Å². The lowest BCUT2D eigenvalue weighted by atomic mass is 10.1. The molecule has 1 aromatic carbocycles. The van der Waals surface area contributed by atoms with E-state index in [1.54, 1.807) is 0 Å². The maximum absolute atomic E-state index is 13.8. The second-order valence-electron chi connectivity index (χ2n) is 5.90. The molecule has 0 heterocycles. The van der Waals surface area contributed by atoms with Crippen LogP contribution in [0.1, 0.15) is 31.2 Å². The van der Waals surface area contributed by atoms with Crippen LogP contribution in [0.15, 0.2) is 17.0 Å². The van der Waals surface area contributed by atoms with Gasteiger partial charge in [-0.25, -0.2) is 17.5 Å². The lowest BCUT2D eigenvalue weighted by Crippen LogP contribution is -2.38. The van der Waals surface area contributed by atoms with Crippen molar-refractivity contribution in [2.24, 2.45) is 17.6 Å². The lowest BCUT2D eigenvalue weighted by Gasteiger charge is -2.18. The standard InChI is InChI=1S/C14H18ClFN2O2S/c15-13-10(7-17)5-11(6-12(13)16)21(19,20)18-14(8-1-2-8)9-3-4-9/h5-6,8-9,14,18H,1-4,7,17H2. The number of halogens is 2. The second kappa shape index (κ2) is 5.50. The Balaban J connectivity index is 1.88. The van der Waals surface area contributed by atoms with Gasteiger partial charge in [0.25, 0.3) is 0 Å². The number of hydrogen-bond donors (Lipinski definition) is 2. The Bertz CT molecular complexity index is 645. The van der Waals surface area contributed by atoms with Gasteiger partial charge in [-0.15, -0.1) is 0 Å². The van der Waals surface area contributed by atoms with Crippen molar-refractivity contribution in [2.75, 3.05) is 0 Å². The lowest BCUT2D eigenvalue weighted by molar-refractivity contribution is 0.471. The van der Waals surface area contributed by atoms with Crippen LogP contribution in [0.3, 0.4) is 0 Å². The highest BCUT2D eigenvalue weighted by Gasteiger charge is 2.43. The third-order valence-corrected chi connectivity index (χ3v) is 6.02. The highest BCUT2D eigenvalue weighted by molar-refractivity contribution is 7.89. The zero-order valence-corrected chi connectivity index (χ0v) is 13.1. The van der Waals surface area contributed by atoms with Crippen molar-refractivity contribution in [1.29, 1.82) is 0 Å². The second-order valence-corrected chi connectivity index (χ2v) is 8.00. The summed E-state index contributed by atoms with van der Waals surface area (Å²) in [5.41, 5.74) is 5.78. The zero-order valence-electron chi connectivity index (χ0n) is 11.5. The molecule has 0 bridgehead atoms. The quantitative estimate of drug-likeness (QED) is 0.840. The molecule has 0 unspecified atom stereocenters. The molecule has 4 nitrogen and oxygen atoms in total. The van der Waals surface area contributed by atoms with Gasteiger partial charge in [0, 0.05) is 12.6 Å². The van der Waals surface area contributed by atoms with Crippen LogP contribution in [-0.2, 0) is 16.6 Å². The highest BCUT2D eigenvalue weighted by atomic mass is 35.5. The molecular formula is C14H18ClFN2O2S. The Hall–Kier alpha value is -0.690. The van der Waals surface area contributed by atoms with E-state index in [1.807, 2.05) is 0 Å². The van der Waals surface area contributed by atoms with Gasteiger partial charge in [-0.3, -0.25) is 0 Å². The van der Waals surface area contributed by atoms with E-state index >= 15 is 0 Å². The summed E-state index contributed by atoms with van der Waals surface area (Å²) in [5.74, 6) is 0.103. The van der Waals surface area contributed by atoms with Gasteiger partial charge >= 0.3 is 0 Å². The Labute approximate surface area is 128 Å². The number of nitrogens with two attached hydrogens (primary N) is 1. The van der Waals surface area contributed by atoms with Gasteiger partial charge < -0.3 is 5.73 Å². The first-order chi connectivity index (χ1) is 9.92. The van der Waals surface area contributed by atoms with Crippen molar-refractivity contribution in [1.82, 2.24) is 4.72 Å². The van der Waals surface area contributed by atoms with Crippen LogP contribution in [0.4, 0.5) is 4.39 Å². The average Bonchev–Trinajstić information content (AvgIpc) is 3.30. The van der Waals surface area contributed by atoms with E-state index in [9.17, 15) is 12.8 Å². The van der Waals surface area contributed by atoms with E-state index in [-0.39, 0.29) is 22.5 Å². The van der Waals surface area contributed by atoms with Crippen molar-refractivity contribution in [3.05, 3.63) is 28.5 Å². The molecule has 2 fully saturated rings. The van der Waals surface area contributed by atoms with E-state index in [4.69, 9.17) is 17.3 Å². The molecule has 0 radical (unpaired) electrons. The summed E-state index contributed by atoms with van der Waals surface area (Å²) in [5, 5.41) is -0.114. The maximum atomic E-state index is 13.8. The summed E-state index contributed by atoms with van der Waals surface area (Å²) in [6, 6.07) is 2.29. The van der Waals surface area contributed by atoms with Crippen LogP contribution in [0.25, 0.3) is 0 Å². The highest BCUT2D eigenvalue weighted by Crippen LogP contribution is 2.45. The maximum Gasteiger partial charge on any atom is 0.240 e. The Morgan fingerprint density at radius 2 is 1.86 bits per heavy atom. The fraction of sp³-hybridized carbons (Fsp3) is 0.571. The Morgan fingerprint density at radius 1 is 1.29 bits per heavy atom. The number of rotatable bonds is 6. The molecule has 2 aliphatic rings. The summed E-state index contributed by atoms with van der Waals surface area (Å²) < 4.78 is 41.5. The van der Waals surface area contributed by atoms with Crippen LogP contribution >= 0.6 is 11.6 Å². The van der Waals surface area contributed by atoms with Crippen molar-refractivity contribution in [3.8, 4) is 0 Å². The molecule has 0 aliphatic heterocycles. The summed E-state index contributed by atoms with van der Waals surface area (Å²) in [6.45, 7) is -0.00616. The van der Waals surface area contributed by atoms with Gasteiger partial charge in [0.2, 0.25) is 10.0 Å². The zero-order chi connectivity index (χ0) is 15.2. The predicted octanol–water partition coefficient (Wildman–Crippen LogP) is 2.40. The first kappa shape index (κ1) is 15.2. The Kier molecular flexibility index (Phi) is 3.98. The molecule has 0 aromatic heterocycles. The van der Waals surface area contributed by atoms with Crippen LogP contribution in [0.5, 0.6) is 0 Å². The van der Waals surface area contributed by atoms with E-state index in [0.29, 0.717) is 17.4 Å². The molecular weight excluding hydrogens is 315 g/mol. The van der Waals surface area contributed by atoms with Crippen LogP contribution in [0.2, 0.25) is 5.02 Å². The van der Waals surface area contributed by atoms with Gasteiger partial charge in [-0.2, -0.15) is 0 Å². The number of benzene rings is 1. The average molecular weight is 333 g/mol. The molecule has 0 spiro atoms. The molecule has 0 saturated heterocycles. The summed E-state index contributed by atoms with van der Waals surface area (Å²) in [6.07, 6.45) is 4.25. The largest absolute Gasteiger partial charge is 0.326 e. The molecule has 3 N–H and O–H groups in total. The Morgan fingerprint density at radius 3 is 2.33 bits per heavy atom. The van der Waals surface area contributed by atoms with E-state index in [1.165, 1.54) is 6.07 Å². The smallest absolute Gasteiger partial charge is 0.240 e. The molecule has 1 aromatic rings. The van der Waals surface area contributed by atoms with E-state index < -0.39 is 15.8 Å². The van der Waals surface area contributed by atoms with E-state index in [2.05, 4.69) is 4.72 Å². The third-order valence-electron chi connectivity index (χ3n) is 4.16. The molecule has 0 atom stereocenters. The summed E-state index contributed by atoms with van der Waals surface area (Å²) in [7, 11) is -3.75. The minimum Gasteiger partial charge on any atom is -0.326 e. The van der Waals surface area contributed by atoms with Gasteiger partial charge in [0.15, 0.2) is 0 Å². The first-order valence-corrected chi connectivity index (χ1v) is 8.99. The molecule has 2 aliphatic carbocycles. The molecule has 21 heavy (non-hydrogen) atoms. The fourth-order valence-corrected chi connectivity index (χ4v) is 4.28. The number of nitrogens with one attached hydrogen (secondary N) is 1. The van der Waals surface area contributed by atoms with Crippen LogP contribution in [-0.4, -0.2) is 14.5 Å². The molecule has 3 rings (SSSR count). The van der Waals surface area contributed by atoms with Crippen molar-refractivity contribution >= 4 is 21.6 Å². The first-order valence-electron chi connectivity index (χ1n) is 7.12. The van der Waals surface area contributed by atoms with Gasteiger partial charge in [0.05, 0.1) is 9.92 Å². The predicted molar refractivity (Wildman–Crippen MR) is 78.9 cm³/mol. The van der Waals surface area contributed by atoms with Gasteiger partial charge in [-0.05, 0) is 55.2 Å². The summed E-state index contributed by atoms with van der Waals surface area (Å²) >= 11 is 5.77. The third kappa shape index (κ3) is 3.23. The van der Waals surface area contributed by atoms with Crippen molar-refractivity contribution in [2.45, 2.75) is 43.2 Å². The topological polar surface area (TPSA) is 72.2 Å².